The summed E-state index contributed by atoms with van der Waals surface area (Å²) in [4.78, 5) is 21.4. The van der Waals surface area contributed by atoms with Crippen LogP contribution in [0, 0.1) is 6.92 Å². The number of carbonyl (C=O) groups is 1. The third-order valence-corrected chi connectivity index (χ3v) is 5.17. The predicted molar refractivity (Wildman–Crippen MR) is 126 cm³/mol. The molecule has 2 aromatic carbocycles. The summed E-state index contributed by atoms with van der Waals surface area (Å²) < 4.78 is 5.54. The lowest BCUT2D eigenvalue weighted by atomic mass is 10.1. The van der Waals surface area contributed by atoms with E-state index in [1.807, 2.05) is 62.5 Å². The highest BCUT2D eigenvalue weighted by Gasteiger charge is 2.23. The minimum atomic E-state index is -0.218. The molecule has 1 fully saturated rings. The molecule has 166 valence electrons. The number of nitrogens with zero attached hydrogens (tertiary/aromatic N) is 4. The van der Waals surface area contributed by atoms with Gasteiger partial charge in [0.25, 0.3) is 0 Å². The Balaban J connectivity index is 1.65. The smallest absolute Gasteiger partial charge is 0.319 e. The van der Waals surface area contributed by atoms with Gasteiger partial charge in [-0.1, -0.05) is 30.3 Å². The zero-order chi connectivity index (χ0) is 22.3. The van der Waals surface area contributed by atoms with Crippen LogP contribution < -0.4 is 15.6 Å². The van der Waals surface area contributed by atoms with E-state index >= 15 is 0 Å². The first-order valence-corrected chi connectivity index (χ1v) is 10.8. The highest BCUT2D eigenvalue weighted by Crippen LogP contribution is 2.29. The Kier molecular flexibility index (Phi) is 6.94. The van der Waals surface area contributed by atoms with E-state index in [0.717, 1.165) is 41.3 Å². The number of hydrogen-bond acceptors (Lipinski definition) is 6. The summed E-state index contributed by atoms with van der Waals surface area (Å²) in [5, 5.41) is 9.83. The number of aromatic nitrogens is 2. The van der Waals surface area contributed by atoms with Crippen molar-refractivity contribution in [1.29, 1.82) is 0 Å². The number of urea groups is 1. The Morgan fingerprint density at radius 3 is 2.50 bits per heavy atom. The number of hydrazine groups is 1. The van der Waals surface area contributed by atoms with Crippen molar-refractivity contribution in [3.63, 3.8) is 0 Å². The molecule has 1 aromatic heterocycles. The van der Waals surface area contributed by atoms with Crippen LogP contribution in [0.3, 0.4) is 0 Å². The molecular weight excluding hydrogens is 404 g/mol. The molecule has 1 aliphatic rings. The van der Waals surface area contributed by atoms with E-state index in [2.05, 4.69) is 37.8 Å². The summed E-state index contributed by atoms with van der Waals surface area (Å²) in [5.41, 5.74) is 4.53. The fourth-order valence-corrected chi connectivity index (χ4v) is 3.60. The number of ether oxygens (including phenoxy) is 1. The van der Waals surface area contributed by atoms with E-state index in [1.54, 1.807) is 0 Å². The van der Waals surface area contributed by atoms with Gasteiger partial charge in [-0.15, -0.1) is 0 Å². The maximum Gasteiger partial charge on any atom is 0.319 e. The summed E-state index contributed by atoms with van der Waals surface area (Å²) in [6, 6.07) is 17.6. The summed E-state index contributed by atoms with van der Waals surface area (Å²) in [7, 11) is 0. The standard InChI is InChI=1S/C24H28N6O2/c1-3-25-24(31)27-20-11-9-19(10-12-20)22-18(2)17-26-23(28-22)30(21-7-5-4-6-8-21)29-13-15-32-16-14-29/h4-12,17H,3,13-16H2,1-2H3,(H2,25,27,31). The molecule has 0 atom stereocenters. The number of para-hydroxylation sites is 1. The molecule has 1 saturated heterocycles. The number of benzene rings is 2. The van der Waals surface area contributed by atoms with Crippen molar-refractivity contribution < 1.29 is 9.53 Å². The van der Waals surface area contributed by atoms with Crippen LogP contribution in [0.2, 0.25) is 0 Å². The Labute approximate surface area is 188 Å². The van der Waals surface area contributed by atoms with Gasteiger partial charge in [-0.2, -0.15) is 0 Å². The fourth-order valence-electron chi connectivity index (χ4n) is 3.60. The molecule has 8 heteroatoms. The van der Waals surface area contributed by atoms with Crippen LogP contribution in [-0.2, 0) is 4.74 Å². The number of hydrogen-bond donors (Lipinski definition) is 2. The van der Waals surface area contributed by atoms with E-state index in [9.17, 15) is 4.79 Å². The van der Waals surface area contributed by atoms with Crippen LogP contribution >= 0.6 is 0 Å². The van der Waals surface area contributed by atoms with Crippen molar-refractivity contribution in [3.05, 3.63) is 66.4 Å². The van der Waals surface area contributed by atoms with Gasteiger partial charge in [-0.3, -0.25) is 0 Å². The van der Waals surface area contributed by atoms with Gasteiger partial charge in [0.15, 0.2) is 0 Å². The number of rotatable bonds is 6. The van der Waals surface area contributed by atoms with Crippen LogP contribution in [0.4, 0.5) is 22.1 Å². The average molecular weight is 433 g/mol. The molecule has 0 bridgehead atoms. The molecule has 4 rings (SSSR count). The van der Waals surface area contributed by atoms with E-state index < -0.39 is 0 Å². The van der Waals surface area contributed by atoms with Gasteiger partial charge >= 0.3 is 6.03 Å². The van der Waals surface area contributed by atoms with Gasteiger partial charge in [0.2, 0.25) is 5.95 Å². The van der Waals surface area contributed by atoms with Gasteiger partial charge in [0, 0.05) is 37.1 Å². The Morgan fingerprint density at radius 2 is 1.81 bits per heavy atom. The van der Waals surface area contributed by atoms with Crippen LogP contribution in [0.5, 0.6) is 0 Å². The third-order valence-electron chi connectivity index (χ3n) is 5.17. The second kappa shape index (κ2) is 10.2. The van der Waals surface area contributed by atoms with Crippen molar-refractivity contribution in [2.24, 2.45) is 0 Å². The second-order valence-corrected chi connectivity index (χ2v) is 7.48. The molecule has 0 unspecified atom stereocenters. The second-order valence-electron chi connectivity index (χ2n) is 7.48. The largest absolute Gasteiger partial charge is 0.379 e. The van der Waals surface area contributed by atoms with Crippen LogP contribution in [0.25, 0.3) is 11.3 Å². The number of morpholine rings is 1. The highest BCUT2D eigenvalue weighted by molar-refractivity contribution is 5.89. The Bertz CT molecular complexity index is 1040. The lowest BCUT2D eigenvalue weighted by molar-refractivity contribution is 0.0371. The first-order valence-electron chi connectivity index (χ1n) is 10.8. The SMILES string of the molecule is CCNC(=O)Nc1ccc(-c2nc(N(c3ccccc3)N3CCOCC3)ncc2C)cc1. The van der Waals surface area contributed by atoms with Crippen molar-refractivity contribution in [2.45, 2.75) is 13.8 Å². The predicted octanol–water partition coefficient (Wildman–Crippen LogP) is 3.98. The van der Waals surface area contributed by atoms with Crippen LogP contribution in [-0.4, -0.2) is 53.9 Å². The topological polar surface area (TPSA) is 82.6 Å². The minimum Gasteiger partial charge on any atom is -0.379 e. The first-order chi connectivity index (χ1) is 15.7. The molecule has 1 aliphatic heterocycles. The van der Waals surface area contributed by atoms with Crippen LogP contribution in [0.1, 0.15) is 12.5 Å². The van der Waals surface area contributed by atoms with Crippen LogP contribution in [0.15, 0.2) is 60.8 Å². The maximum absolute atomic E-state index is 11.8. The Morgan fingerprint density at radius 1 is 1.09 bits per heavy atom. The lowest BCUT2D eigenvalue weighted by Crippen LogP contribution is -2.47. The zero-order valence-electron chi connectivity index (χ0n) is 18.4. The number of anilines is 3. The quantitative estimate of drug-likeness (QED) is 0.613. The van der Waals surface area contributed by atoms with Gasteiger partial charge in [0.05, 0.1) is 24.6 Å². The molecule has 0 spiro atoms. The van der Waals surface area contributed by atoms with Crippen molar-refractivity contribution >= 4 is 23.4 Å². The van der Waals surface area contributed by atoms with E-state index in [-0.39, 0.29) is 6.03 Å². The molecule has 0 aliphatic carbocycles. The molecular formula is C24H28N6O2. The maximum atomic E-state index is 11.8. The van der Waals surface area contributed by atoms with E-state index in [4.69, 9.17) is 9.72 Å². The molecule has 8 nitrogen and oxygen atoms in total. The average Bonchev–Trinajstić information content (AvgIpc) is 2.82. The monoisotopic (exact) mass is 432 g/mol. The molecule has 0 radical (unpaired) electrons. The number of carbonyl (C=O) groups excluding carboxylic acids is 1. The number of nitrogens with one attached hydrogen (secondary N) is 2. The molecule has 2 amide bonds. The molecule has 2 heterocycles. The number of amides is 2. The normalized spacial score (nSPS) is 14.1. The first kappa shape index (κ1) is 21.7. The van der Waals surface area contributed by atoms with Crippen molar-refractivity contribution in [3.8, 4) is 11.3 Å². The zero-order valence-corrected chi connectivity index (χ0v) is 18.4. The molecule has 3 aromatic rings. The summed E-state index contributed by atoms with van der Waals surface area (Å²) >= 11 is 0. The summed E-state index contributed by atoms with van der Waals surface area (Å²) in [5.74, 6) is 0.614. The van der Waals surface area contributed by atoms with E-state index in [1.165, 1.54) is 0 Å². The van der Waals surface area contributed by atoms with E-state index in [0.29, 0.717) is 25.7 Å². The molecule has 32 heavy (non-hydrogen) atoms. The van der Waals surface area contributed by atoms with Gasteiger partial charge in [0.1, 0.15) is 0 Å². The lowest BCUT2D eigenvalue weighted by Gasteiger charge is -2.37. The Hall–Kier alpha value is -3.49. The summed E-state index contributed by atoms with van der Waals surface area (Å²) in [6.45, 7) is 7.33. The van der Waals surface area contributed by atoms with Crippen molar-refractivity contribution in [2.75, 3.05) is 43.2 Å². The third kappa shape index (κ3) is 5.04. The highest BCUT2D eigenvalue weighted by atomic mass is 16.5. The molecule has 0 saturated carbocycles. The number of aryl methyl sites for hydroxylation is 1. The molecule has 2 N–H and O–H groups in total. The van der Waals surface area contributed by atoms with Gasteiger partial charge in [-0.05, 0) is 43.7 Å². The van der Waals surface area contributed by atoms with Gasteiger partial charge in [-0.25, -0.2) is 24.8 Å². The van der Waals surface area contributed by atoms with Crippen molar-refractivity contribution in [1.82, 2.24) is 20.3 Å². The summed E-state index contributed by atoms with van der Waals surface area (Å²) in [6.07, 6.45) is 1.86. The fraction of sp³-hybridized carbons (Fsp3) is 0.292. The minimum absolute atomic E-state index is 0.218. The van der Waals surface area contributed by atoms with Gasteiger partial charge < -0.3 is 15.4 Å².